The molecule has 1 aliphatic carbocycles. The van der Waals surface area contributed by atoms with Crippen molar-refractivity contribution in [2.24, 2.45) is 5.92 Å². The van der Waals surface area contributed by atoms with E-state index in [0.717, 1.165) is 31.2 Å². The maximum atomic E-state index is 12.2. The van der Waals surface area contributed by atoms with Gasteiger partial charge in [-0.1, -0.05) is 31.4 Å². The third kappa shape index (κ3) is 4.30. The quantitative estimate of drug-likeness (QED) is 0.930. The van der Waals surface area contributed by atoms with Crippen LogP contribution in [0.3, 0.4) is 0 Å². The van der Waals surface area contributed by atoms with Crippen LogP contribution in [0.15, 0.2) is 29.2 Å². The van der Waals surface area contributed by atoms with Crippen molar-refractivity contribution in [2.45, 2.75) is 50.0 Å². The van der Waals surface area contributed by atoms with Crippen molar-refractivity contribution in [1.82, 2.24) is 5.32 Å². The molecule has 0 aromatic heterocycles. The minimum atomic E-state index is -3.17. The average Bonchev–Trinajstić information content (AvgIpc) is 2.47. The number of carbonyl (C=O) groups excluding carboxylic acids is 1. The predicted molar refractivity (Wildman–Crippen MR) is 82.7 cm³/mol. The Bertz CT molecular complexity index is 586. The summed E-state index contributed by atoms with van der Waals surface area (Å²) in [5.74, 6) is 0.255. The predicted octanol–water partition coefficient (Wildman–Crippen LogP) is 2.85. The number of carbonyl (C=O) groups is 1. The van der Waals surface area contributed by atoms with Gasteiger partial charge in [0, 0.05) is 12.2 Å². The van der Waals surface area contributed by atoms with E-state index in [1.807, 2.05) is 6.92 Å². The molecule has 0 aliphatic heterocycles. The molecule has 1 fully saturated rings. The number of nitrogens with one attached hydrogen (secondary N) is 1. The zero-order valence-electron chi connectivity index (χ0n) is 12.6. The van der Waals surface area contributed by atoms with E-state index in [4.69, 9.17) is 0 Å². The van der Waals surface area contributed by atoms with Crippen molar-refractivity contribution < 1.29 is 13.2 Å². The summed E-state index contributed by atoms with van der Waals surface area (Å²) in [6.07, 6.45) is 6.64. The maximum Gasteiger partial charge on any atom is 0.223 e. The molecule has 1 atom stereocenters. The van der Waals surface area contributed by atoms with E-state index in [1.165, 1.54) is 12.7 Å². The number of amides is 1. The lowest BCUT2D eigenvalue weighted by atomic mass is 9.88. The van der Waals surface area contributed by atoms with Gasteiger partial charge in [0.15, 0.2) is 9.84 Å². The molecule has 0 radical (unpaired) electrons. The number of rotatable bonds is 4. The zero-order chi connectivity index (χ0) is 15.5. The smallest absolute Gasteiger partial charge is 0.223 e. The number of hydrogen-bond acceptors (Lipinski definition) is 3. The Morgan fingerprint density at radius 1 is 1.14 bits per heavy atom. The minimum Gasteiger partial charge on any atom is -0.349 e. The highest BCUT2D eigenvalue weighted by molar-refractivity contribution is 7.90. The number of sulfone groups is 1. The first-order chi connectivity index (χ1) is 9.88. The van der Waals surface area contributed by atoms with Crippen LogP contribution in [0.25, 0.3) is 0 Å². The molecule has 2 rings (SSSR count). The normalized spacial score (nSPS) is 18.2. The van der Waals surface area contributed by atoms with Crippen molar-refractivity contribution in [1.29, 1.82) is 0 Å². The third-order valence-electron chi connectivity index (χ3n) is 4.14. The lowest BCUT2D eigenvalue weighted by Gasteiger charge is -2.23. The summed E-state index contributed by atoms with van der Waals surface area (Å²) in [5, 5.41) is 3.04. The van der Waals surface area contributed by atoms with Gasteiger partial charge in [-0.05, 0) is 37.5 Å². The van der Waals surface area contributed by atoms with Gasteiger partial charge >= 0.3 is 0 Å². The Labute approximate surface area is 126 Å². The Balaban J connectivity index is 1.99. The van der Waals surface area contributed by atoms with Crippen LogP contribution in [0, 0.1) is 5.92 Å². The first kappa shape index (κ1) is 16.0. The van der Waals surface area contributed by atoms with Crippen molar-refractivity contribution in [2.75, 3.05) is 6.26 Å². The molecular formula is C16H23NO3S. The first-order valence-electron chi connectivity index (χ1n) is 7.48. The molecule has 1 unspecified atom stereocenters. The molecule has 1 aromatic rings. The van der Waals surface area contributed by atoms with Crippen LogP contribution in [0.1, 0.15) is 50.6 Å². The summed E-state index contributed by atoms with van der Waals surface area (Å²) in [7, 11) is -3.17. The van der Waals surface area contributed by atoms with Crippen LogP contribution in [0.2, 0.25) is 0 Å². The van der Waals surface area contributed by atoms with Crippen LogP contribution in [-0.2, 0) is 14.6 Å². The lowest BCUT2D eigenvalue weighted by Crippen LogP contribution is -2.33. The van der Waals surface area contributed by atoms with Crippen LogP contribution in [-0.4, -0.2) is 20.6 Å². The van der Waals surface area contributed by atoms with Crippen molar-refractivity contribution >= 4 is 15.7 Å². The molecule has 116 valence electrons. The van der Waals surface area contributed by atoms with Gasteiger partial charge in [0.25, 0.3) is 0 Å². The monoisotopic (exact) mass is 309 g/mol. The molecule has 0 bridgehead atoms. The molecule has 1 amide bonds. The fourth-order valence-corrected chi connectivity index (χ4v) is 3.41. The van der Waals surface area contributed by atoms with Gasteiger partial charge in [0.2, 0.25) is 5.91 Å². The van der Waals surface area contributed by atoms with Crippen molar-refractivity contribution in [3.8, 4) is 0 Å². The summed E-state index contributed by atoms with van der Waals surface area (Å²) < 4.78 is 22.9. The van der Waals surface area contributed by atoms with Crippen LogP contribution >= 0.6 is 0 Å². The summed E-state index contributed by atoms with van der Waals surface area (Å²) in [6.45, 7) is 1.93. The minimum absolute atomic E-state index is 0.104. The second kappa shape index (κ2) is 6.60. The summed E-state index contributed by atoms with van der Waals surface area (Å²) >= 11 is 0. The fourth-order valence-electron chi connectivity index (χ4n) is 2.78. The molecular weight excluding hydrogens is 286 g/mol. The van der Waals surface area contributed by atoms with Gasteiger partial charge in [-0.3, -0.25) is 4.79 Å². The van der Waals surface area contributed by atoms with E-state index >= 15 is 0 Å². The molecule has 0 heterocycles. The highest BCUT2D eigenvalue weighted by Crippen LogP contribution is 2.25. The van der Waals surface area contributed by atoms with Crippen LogP contribution in [0.5, 0.6) is 0 Å². The standard InChI is InChI=1S/C16H23NO3S/c1-12(17-16(18)14-6-4-3-5-7-14)13-8-10-15(11-9-13)21(2,19)20/h8-12,14H,3-7H2,1-2H3,(H,17,18). The Morgan fingerprint density at radius 2 is 1.71 bits per heavy atom. The summed E-state index contributed by atoms with van der Waals surface area (Å²) in [6, 6.07) is 6.61. The van der Waals surface area contributed by atoms with E-state index in [2.05, 4.69) is 5.32 Å². The highest BCUT2D eigenvalue weighted by atomic mass is 32.2. The molecule has 5 heteroatoms. The van der Waals surface area contributed by atoms with Gasteiger partial charge in [-0.25, -0.2) is 8.42 Å². The van der Waals surface area contributed by atoms with Gasteiger partial charge in [0.1, 0.15) is 0 Å². The SMILES string of the molecule is CC(NC(=O)C1CCCCC1)c1ccc(S(C)(=O)=O)cc1. The first-order valence-corrected chi connectivity index (χ1v) is 9.37. The zero-order valence-corrected chi connectivity index (χ0v) is 13.4. The fraction of sp³-hybridized carbons (Fsp3) is 0.562. The van der Waals surface area contributed by atoms with Crippen molar-refractivity contribution in [3.63, 3.8) is 0 Å². The van der Waals surface area contributed by atoms with Gasteiger partial charge in [-0.15, -0.1) is 0 Å². The summed E-state index contributed by atoms with van der Waals surface area (Å²) in [5.41, 5.74) is 0.923. The third-order valence-corrected chi connectivity index (χ3v) is 5.27. The van der Waals surface area contributed by atoms with E-state index < -0.39 is 9.84 Å². The van der Waals surface area contributed by atoms with E-state index in [9.17, 15) is 13.2 Å². The van der Waals surface area contributed by atoms with E-state index in [1.54, 1.807) is 24.3 Å². The lowest BCUT2D eigenvalue weighted by molar-refractivity contribution is -0.126. The Hall–Kier alpha value is -1.36. The Morgan fingerprint density at radius 3 is 2.24 bits per heavy atom. The molecule has 0 saturated heterocycles. The van der Waals surface area contributed by atoms with Crippen LogP contribution in [0.4, 0.5) is 0 Å². The van der Waals surface area contributed by atoms with Gasteiger partial charge in [0.05, 0.1) is 10.9 Å². The van der Waals surface area contributed by atoms with E-state index in [-0.39, 0.29) is 17.9 Å². The highest BCUT2D eigenvalue weighted by Gasteiger charge is 2.22. The largest absolute Gasteiger partial charge is 0.349 e. The summed E-state index contributed by atoms with van der Waals surface area (Å²) in [4.78, 5) is 12.5. The molecule has 0 spiro atoms. The molecule has 1 saturated carbocycles. The van der Waals surface area contributed by atoms with Crippen molar-refractivity contribution in [3.05, 3.63) is 29.8 Å². The van der Waals surface area contributed by atoms with Gasteiger partial charge < -0.3 is 5.32 Å². The second-order valence-electron chi connectivity index (χ2n) is 5.91. The molecule has 21 heavy (non-hydrogen) atoms. The van der Waals surface area contributed by atoms with Gasteiger partial charge in [-0.2, -0.15) is 0 Å². The molecule has 1 aliphatic rings. The number of hydrogen-bond donors (Lipinski definition) is 1. The topological polar surface area (TPSA) is 63.2 Å². The molecule has 1 aromatic carbocycles. The average molecular weight is 309 g/mol. The second-order valence-corrected chi connectivity index (χ2v) is 7.92. The van der Waals surface area contributed by atoms with Crippen LogP contribution < -0.4 is 5.32 Å². The van der Waals surface area contributed by atoms with E-state index in [0.29, 0.717) is 4.90 Å². The Kier molecular flexibility index (Phi) is 5.04. The molecule has 4 nitrogen and oxygen atoms in total. The number of benzene rings is 1. The maximum absolute atomic E-state index is 12.2. The molecule has 1 N–H and O–H groups in total.